The highest BCUT2D eigenvalue weighted by Gasteiger charge is 2.20. The summed E-state index contributed by atoms with van der Waals surface area (Å²) in [6.07, 6.45) is 7.20. The molecule has 2 aliphatic heterocycles. The number of hydrogen-bond acceptors (Lipinski definition) is 2. The summed E-state index contributed by atoms with van der Waals surface area (Å²) in [5.41, 5.74) is 0. The molecule has 0 saturated carbocycles. The maximum atomic E-state index is 2.69. The minimum Gasteiger partial charge on any atom is -0.306 e. The fourth-order valence-electron chi connectivity index (χ4n) is 2.93. The molecule has 0 aromatic heterocycles. The quantitative estimate of drug-likeness (QED) is 0.664. The second kappa shape index (κ2) is 5.13. The third-order valence-corrected chi connectivity index (χ3v) is 3.69. The van der Waals surface area contributed by atoms with Crippen LogP contribution in [-0.2, 0) is 0 Å². The molecule has 0 aliphatic carbocycles. The molecular formula is C12H24N2. The highest BCUT2D eigenvalue weighted by Crippen LogP contribution is 2.18. The largest absolute Gasteiger partial charge is 0.306 e. The molecule has 0 N–H and O–H groups in total. The van der Waals surface area contributed by atoms with E-state index >= 15 is 0 Å². The van der Waals surface area contributed by atoms with Gasteiger partial charge in [0.05, 0.1) is 0 Å². The maximum absolute atomic E-state index is 2.69. The van der Waals surface area contributed by atoms with Crippen molar-refractivity contribution in [3.63, 3.8) is 0 Å². The van der Waals surface area contributed by atoms with Crippen molar-refractivity contribution < 1.29 is 0 Å². The first-order valence-corrected chi connectivity index (χ1v) is 6.25. The van der Waals surface area contributed by atoms with E-state index in [1.54, 1.807) is 0 Å². The first kappa shape index (κ1) is 10.4. The van der Waals surface area contributed by atoms with Crippen LogP contribution in [0.4, 0.5) is 0 Å². The summed E-state index contributed by atoms with van der Waals surface area (Å²) in [7, 11) is 2.27. The summed E-state index contributed by atoms with van der Waals surface area (Å²) in [5, 5.41) is 0. The number of rotatable bonds is 2. The molecule has 2 fully saturated rings. The summed E-state index contributed by atoms with van der Waals surface area (Å²) < 4.78 is 0. The Bertz CT molecular complexity index is 164. The van der Waals surface area contributed by atoms with Crippen molar-refractivity contribution in [2.45, 2.75) is 32.1 Å². The van der Waals surface area contributed by atoms with Gasteiger partial charge in [0.1, 0.15) is 0 Å². The van der Waals surface area contributed by atoms with Crippen molar-refractivity contribution in [1.29, 1.82) is 0 Å². The Morgan fingerprint density at radius 2 is 1.79 bits per heavy atom. The lowest BCUT2D eigenvalue weighted by atomic mass is 9.97. The van der Waals surface area contributed by atoms with Crippen molar-refractivity contribution in [3.8, 4) is 0 Å². The molecule has 1 atom stereocenters. The van der Waals surface area contributed by atoms with Gasteiger partial charge in [0.15, 0.2) is 0 Å². The van der Waals surface area contributed by atoms with Gasteiger partial charge in [-0.15, -0.1) is 0 Å². The number of likely N-dealkylation sites (tertiary alicyclic amines) is 2. The SMILES string of the molecule is CN1CCCC(CN2CCCCC2)C1. The van der Waals surface area contributed by atoms with E-state index in [1.165, 1.54) is 64.8 Å². The van der Waals surface area contributed by atoms with E-state index in [4.69, 9.17) is 0 Å². The van der Waals surface area contributed by atoms with Gasteiger partial charge < -0.3 is 9.80 Å². The third kappa shape index (κ3) is 2.96. The summed E-state index contributed by atoms with van der Waals surface area (Å²) in [6, 6.07) is 0. The minimum atomic E-state index is 0.951. The molecule has 14 heavy (non-hydrogen) atoms. The van der Waals surface area contributed by atoms with Gasteiger partial charge in [0.2, 0.25) is 0 Å². The van der Waals surface area contributed by atoms with Crippen molar-refractivity contribution >= 4 is 0 Å². The van der Waals surface area contributed by atoms with E-state index in [-0.39, 0.29) is 0 Å². The van der Waals surface area contributed by atoms with Crippen LogP contribution in [0.2, 0.25) is 0 Å². The van der Waals surface area contributed by atoms with Gasteiger partial charge in [0.25, 0.3) is 0 Å². The van der Waals surface area contributed by atoms with Crippen LogP contribution >= 0.6 is 0 Å². The van der Waals surface area contributed by atoms with Crippen LogP contribution in [0.5, 0.6) is 0 Å². The number of piperidine rings is 2. The molecular weight excluding hydrogens is 172 g/mol. The van der Waals surface area contributed by atoms with E-state index in [0.29, 0.717) is 0 Å². The van der Waals surface area contributed by atoms with Gasteiger partial charge in [-0.3, -0.25) is 0 Å². The third-order valence-electron chi connectivity index (χ3n) is 3.69. The van der Waals surface area contributed by atoms with Gasteiger partial charge in [-0.05, 0) is 58.3 Å². The molecule has 2 nitrogen and oxygen atoms in total. The molecule has 2 heteroatoms. The zero-order valence-electron chi connectivity index (χ0n) is 9.54. The second-order valence-corrected chi connectivity index (χ2v) is 5.13. The molecule has 0 amide bonds. The van der Waals surface area contributed by atoms with Crippen LogP contribution in [-0.4, -0.2) is 49.6 Å². The topological polar surface area (TPSA) is 6.48 Å². The second-order valence-electron chi connectivity index (χ2n) is 5.13. The Labute approximate surface area is 88.3 Å². The van der Waals surface area contributed by atoms with E-state index in [2.05, 4.69) is 16.8 Å². The average Bonchev–Trinajstić information content (AvgIpc) is 2.19. The fraction of sp³-hybridized carbons (Fsp3) is 1.00. The van der Waals surface area contributed by atoms with Crippen LogP contribution < -0.4 is 0 Å². The molecule has 0 spiro atoms. The normalized spacial score (nSPS) is 31.9. The zero-order valence-corrected chi connectivity index (χ0v) is 9.54. The monoisotopic (exact) mass is 196 g/mol. The smallest absolute Gasteiger partial charge is 0.00219 e. The lowest BCUT2D eigenvalue weighted by Gasteiger charge is -2.35. The van der Waals surface area contributed by atoms with Gasteiger partial charge in [-0.1, -0.05) is 6.42 Å². The molecule has 0 bridgehead atoms. The average molecular weight is 196 g/mol. The van der Waals surface area contributed by atoms with Crippen LogP contribution in [0.3, 0.4) is 0 Å². The first-order valence-electron chi connectivity index (χ1n) is 6.25. The van der Waals surface area contributed by atoms with Gasteiger partial charge in [-0.25, -0.2) is 0 Å². The van der Waals surface area contributed by atoms with Crippen molar-refractivity contribution in [2.24, 2.45) is 5.92 Å². The molecule has 2 saturated heterocycles. The van der Waals surface area contributed by atoms with Gasteiger partial charge in [-0.2, -0.15) is 0 Å². The summed E-state index contributed by atoms with van der Waals surface area (Å²) in [4.78, 5) is 5.19. The van der Waals surface area contributed by atoms with Crippen molar-refractivity contribution in [2.75, 3.05) is 39.8 Å². The number of nitrogens with zero attached hydrogens (tertiary/aromatic N) is 2. The Hall–Kier alpha value is -0.0800. The molecule has 0 radical (unpaired) electrons. The van der Waals surface area contributed by atoms with E-state index < -0.39 is 0 Å². The van der Waals surface area contributed by atoms with E-state index in [1.807, 2.05) is 0 Å². The van der Waals surface area contributed by atoms with Crippen LogP contribution in [0.15, 0.2) is 0 Å². The Balaban J connectivity index is 1.72. The molecule has 2 rings (SSSR count). The molecule has 82 valence electrons. The fourth-order valence-corrected chi connectivity index (χ4v) is 2.93. The van der Waals surface area contributed by atoms with Crippen LogP contribution in [0.25, 0.3) is 0 Å². The Morgan fingerprint density at radius 3 is 2.50 bits per heavy atom. The maximum Gasteiger partial charge on any atom is 0.00219 e. The van der Waals surface area contributed by atoms with Crippen LogP contribution in [0.1, 0.15) is 32.1 Å². The standard InChI is InChI=1S/C12H24N2/c1-13-7-5-6-12(10-13)11-14-8-3-2-4-9-14/h12H,2-11H2,1H3. The minimum absolute atomic E-state index is 0.951. The molecule has 0 aromatic carbocycles. The molecule has 1 unspecified atom stereocenters. The summed E-state index contributed by atoms with van der Waals surface area (Å²) >= 11 is 0. The van der Waals surface area contributed by atoms with Crippen LogP contribution in [0, 0.1) is 5.92 Å². The Kier molecular flexibility index (Phi) is 3.82. The van der Waals surface area contributed by atoms with Gasteiger partial charge in [0, 0.05) is 13.1 Å². The predicted molar refractivity (Wildman–Crippen MR) is 60.5 cm³/mol. The molecule has 0 aromatic rings. The van der Waals surface area contributed by atoms with Crippen molar-refractivity contribution in [1.82, 2.24) is 9.80 Å². The molecule has 2 aliphatic rings. The van der Waals surface area contributed by atoms with Crippen molar-refractivity contribution in [3.05, 3.63) is 0 Å². The lowest BCUT2D eigenvalue weighted by Crippen LogP contribution is -2.40. The Morgan fingerprint density at radius 1 is 1.00 bits per heavy atom. The van der Waals surface area contributed by atoms with E-state index in [9.17, 15) is 0 Å². The summed E-state index contributed by atoms with van der Waals surface area (Å²) in [5.74, 6) is 0.951. The lowest BCUT2D eigenvalue weighted by molar-refractivity contribution is 0.137. The van der Waals surface area contributed by atoms with E-state index in [0.717, 1.165) is 5.92 Å². The first-order chi connectivity index (χ1) is 6.84. The highest BCUT2D eigenvalue weighted by atomic mass is 15.1. The van der Waals surface area contributed by atoms with Gasteiger partial charge >= 0.3 is 0 Å². The number of hydrogen-bond donors (Lipinski definition) is 0. The summed E-state index contributed by atoms with van der Waals surface area (Å²) in [6.45, 7) is 6.73. The highest BCUT2D eigenvalue weighted by molar-refractivity contribution is 4.75. The molecule has 2 heterocycles. The predicted octanol–water partition coefficient (Wildman–Crippen LogP) is 1.81. The zero-order chi connectivity index (χ0) is 9.80.